The molecule has 1 heterocycles. The second-order valence-corrected chi connectivity index (χ2v) is 13.2. The zero-order valence-electron chi connectivity index (χ0n) is 14.3. The molecule has 0 radical (unpaired) electrons. The molecule has 112 valence electrons. The van der Waals surface area contributed by atoms with E-state index >= 15 is 0 Å². The Kier molecular flexibility index (Phi) is 4.76. The zero-order valence-corrected chi connectivity index (χ0v) is 15.3. The van der Waals surface area contributed by atoms with Crippen LogP contribution in [0.15, 0.2) is 11.6 Å². The molecule has 2 nitrogen and oxygen atoms in total. The fourth-order valence-electron chi connectivity index (χ4n) is 1.80. The van der Waals surface area contributed by atoms with E-state index in [0.717, 1.165) is 0 Å². The minimum Gasteiger partial charge on any atom is -0.414 e. The van der Waals surface area contributed by atoms with Gasteiger partial charge < -0.3 is 9.16 Å². The van der Waals surface area contributed by atoms with Crippen LogP contribution in [0.1, 0.15) is 48.5 Å². The Bertz CT molecular complexity index is 345. The van der Waals surface area contributed by atoms with E-state index in [0.29, 0.717) is 6.61 Å². The molecule has 1 aliphatic heterocycles. The summed E-state index contributed by atoms with van der Waals surface area (Å²) >= 11 is 0. The maximum Gasteiger partial charge on any atom is 0.192 e. The molecule has 0 saturated heterocycles. The Hall–Kier alpha value is -0.123. The average molecular weight is 285 g/mol. The quantitative estimate of drug-likeness (QED) is 0.549. The molecule has 0 amide bonds. The summed E-state index contributed by atoms with van der Waals surface area (Å²) < 4.78 is 12.4. The second kappa shape index (κ2) is 5.34. The first-order valence-corrected chi connectivity index (χ1v) is 10.2. The third-order valence-electron chi connectivity index (χ3n) is 4.49. The van der Waals surface area contributed by atoms with Gasteiger partial charge in [-0.25, -0.2) is 0 Å². The smallest absolute Gasteiger partial charge is 0.192 e. The second-order valence-electron chi connectivity index (χ2n) is 8.39. The van der Waals surface area contributed by atoms with Crippen LogP contribution in [0.4, 0.5) is 0 Å². The van der Waals surface area contributed by atoms with Gasteiger partial charge in [0.25, 0.3) is 0 Å². The lowest BCUT2D eigenvalue weighted by Crippen LogP contribution is -2.43. The van der Waals surface area contributed by atoms with Gasteiger partial charge in [-0.3, -0.25) is 0 Å². The molecule has 2 atom stereocenters. The number of hydrogen-bond donors (Lipinski definition) is 0. The van der Waals surface area contributed by atoms with Crippen LogP contribution >= 0.6 is 0 Å². The van der Waals surface area contributed by atoms with Gasteiger partial charge in [0.1, 0.15) is 6.10 Å². The molecule has 3 heteroatoms. The summed E-state index contributed by atoms with van der Waals surface area (Å²) in [5.74, 6) is 0. The molecule has 19 heavy (non-hydrogen) atoms. The van der Waals surface area contributed by atoms with E-state index in [2.05, 4.69) is 67.6 Å². The molecule has 0 aromatic carbocycles. The van der Waals surface area contributed by atoms with Gasteiger partial charge in [0.15, 0.2) is 8.32 Å². The standard InChI is InChI=1S/C16H32O2Si/c1-12-10-14(15(2,3)4)18-13(12)11-17-19(8,9)16(5,6)7/h10,13-14H,11H2,1-9H3/t13-,14+/m1/s1. The molecule has 0 N–H and O–H groups in total. The molecule has 0 aromatic rings. The van der Waals surface area contributed by atoms with Gasteiger partial charge in [-0.15, -0.1) is 0 Å². The number of ether oxygens (including phenoxy) is 1. The Labute approximate surface area is 120 Å². The molecule has 0 fully saturated rings. The molecule has 0 saturated carbocycles. The molecule has 1 rings (SSSR count). The number of hydrogen-bond acceptors (Lipinski definition) is 2. The average Bonchev–Trinajstić information content (AvgIpc) is 2.55. The summed E-state index contributed by atoms with van der Waals surface area (Å²) in [6, 6.07) is 0. The molecule has 0 unspecified atom stereocenters. The van der Waals surface area contributed by atoms with E-state index in [-0.39, 0.29) is 22.7 Å². The summed E-state index contributed by atoms with van der Waals surface area (Å²) in [4.78, 5) is 0. The van der Waals surface area contributed by atoms with E-state index in [1.54, 1.807) is 0 Å². The van der Waals surface area contributed by atoms with Crippen LogP contribution in [0, 0.1) is 5.41 Å². The van der Waals surface area contributed by atoms with Crippen molar-refractivity contribution < 1.29 is 9.16 Å². The highest BCUT2D eigenvalue weighted by Crippen LogP contribution is 2.38. The van der Waals surface area contributed by atoms with Crippen LogP contribution in [0.2, 0.25) is 18.1 Å². The van der Waals surface area contributed by atoms with Crippen LogP contribution in [-0.4, -0.2) is 27.1 Å². The van der Waals surface area contributed by atoms with E-state index < -0.39 is 8.32 Å². The van der Waals surface area contributed by atoms with Crippen molar-refractivity contribution >= 4 is 8.32 Å². The van der Waals surface area contributed by atoms with Crippen molar-refractivity contribution in [1.82, 2.24) is 0 Å². The van der Waals surface area contributed by atoms with Crippen molar-refractivity contribution in [2.45, 2.75) is 78.8 Å². The van der Waals surface area contributed by atoms with Crippen LogP contribution in [-0.2, 0) is 9.16 Å². The first kappa shape index (κ1) is 16.9. The normalized spacial score (nSPS) is 25.6. The van der Waals surface area contributed by atoms with Gasteiger partial charge in [-0.1, -0.05) is 47.6 Å². The summed E-state index contributed by atoms with van der Waals surface area (Å²) in [6.45, 7) is 20.9. The van der Waals surface area contributed by atoms with Gasteiger partial charge in [0.05, 0.1) is 12.7 Å². The van der Waals surface area contributed by atoms with Gasteiger partial charge in [0, 0.05) is 0 Å². The predicted molar refractivity (Wildman–Crippen MR) is 85.0 cm³/mol. The summed E-state index contributed by atoms with van der Waals surface area (Å²) in [6.07, 6.45) is 2.61. The highest BCUT2D eigenvalue weighted by Gasteiger charge is 2.39. The fraction of sp³-hybridized carbons (Fsp3) is 0.875. The van der Waals surface area contributed by atoms with Crippen LogP contribution in [0.25, 0.3) is 0 Å². The Morgan fingerprint density at radius 3 is 2.05 bits per heavy atom. The third kappa shape index (κ3) is 4.17. The maximum absolute atomic E-state index is 6.28. The van der Waals surface area contributed by atoms with Crippen LogP contribution < -0.4 is 0 Å². The van der Waals surface area contributed by atoms with Crippen LogP contribution in [0.5, 0.6) is 0 Å². The largest absolute Gasteiger partial charge is 0.414 e. The lowest BCUT2D eigenvalue weighted by atomic mass is 9.89. The molecule has 0 aromatic heterocycles. The molecule has 1 aliphatic rings. The van der Waals surface area contributed by atoms with Crippen molar-refractivity contribution in [3.05, 3.63) is 11.6 Å². The lowest BCUT2D eigenvalue weighted by Gasteiger charge is -2.37. The predicted octanol–water partition coefficient (Wildman–Crippen LogP) is 4.77. The highest BCUT2D eigenvalue weighted by molar-refractivity contribution is 6.74. The molecule has 0 aliphatic carbocycles. The summed E-state index contributed by atoms with van der Waals surface area (Å²) in [5.41, 5.74) is 1.48. The molecule has 0 bridgehead atoms. The number of rotatable bonds is 3. The first-order valence-electron chi connectivity index (χ1n) is 7.32. The van der Waals surface area contributed by atoms with Gasteiger partial charge in [0.2, 0.25) is 0 Å². The van der Waals surface area contributed by atoms with Crippen molar-refractivity contribution in [2.75, 3.05) is 6.61 Å². The van der Waals surface area contributed by atoms with E-state index in [1.807, 2.05) is 0 Å². The van der Waals surface area contributed by atoms with Crippen molar-refractivity contribution in [2.24, 2.45) is 5.41 Å². The molecular formula is C16H32O2Si. The van der Waals surface area contributed by atoms with Gasteiger partial charge in [-0.2, -0.15) is 0 Å². The van der Waals surface area contributed by atoms with Crippen molar-refractivity contribution in [1.29, 1.82) is 0 Å². The zero-order chi connectivity index (χ0) is 15.1. The summed E-state index contributed by atoms with van der Waals surface area (Å²) in [7, 11) is -1.68. The Morgan fingerprint density at radius 1 is 1.16 bits per heavy atom. The Morgan fingerprint density at radius 2 is 1.68 bits per heavy atom. The van der Waals surface area contributed by atoms with Crippen molar-refractivity contribution in [3.8, 4) is 0 Å². The highest BCUT2D eigenvalue weighted by atomic mass is 28.4. The third-order valence-corrected chi connectivity index (χ3v) is 8.99. The lowest BCUT2D eigenvalue weighted by molar-refractivity contribution is -0.0225. The Balaban J connectivity index is 2.60. The topological polar surface area (TPSA) is 18.5 Å². The minimum atomic E-state index is -1.68. The van der Waals surface area contributed by atoms with Gasteiger partial charge in [-0.05, 0) is 36.0 Å². The maximum atomic E-state index is 6.28. The van der Waals surface area contributed by atoms with Crippen LogP contribution in [0.3, 0.4) is 0 Å². The fourth-order valence-corrected chi connectivity index (χ4v) is 2.80. The summed E-state index contributed by atoms with van der Waals surface area (Å²) in [5, 5.41) is 0.257. The van der Waals surface area contributed by atoms with Gasteiger partial charge >= 0.3 is 0 Å². The van der Waals surface area contributed by atoms with E-state index in [9.17, 15) is 0 Å². The molecule has 0 spiro atoms. The SMILES string of the molecule is CC1=C[C@@H](C(C)(C)C)O[C@@H]1CO[Si](C)(C)C(C)(C)C. The van der Waals surface area contributed by atoms with E-state index in [4.69, 9.17) is 9.16 Å². The van der Waals surface area contributed by atoms with E-state index in [1.165, 1.54) is 5.57 Å². The molecular weight excluding hydrogens is 252 g/mol. The van der Waals surface area contributed by atoms with Crippen molar-refractivity contribution in [3.63, 3.8) is 0 Å². The minimum absolute atomic E-state index is 0.137. The monoisotopic (exact) mass is 284 g/mol. The first-order chi connectivity index (χ1) is 8.34.